The third-order valence-electron chi connectivity index (χ3n) is 3.35. The van der Waals surface area contributed by atoms with Crippen LogP contribution in [0.25, 0.3) is 10.9 Å². The van der Waals surface area contributed by atoms with Crippen LogP contribution in [0.1, 0.15) is 39.8 Å². The summed E-state index contributed by atoms with van der Waals surface area (Å²) in [6.07, 6.45) is 1.69. The third kappa shape index (κ3) is 2.97. The second kappa shape index (κ2) is 6.54. The number of hydrogen-bond acceptors (Lipinski definition) is 4. The number of aromatic amines is 1. The Bertz CT molecular complexity index is 672. The zero-order valence-electron chi connectivity index (χ0n) is 12.5. The number of aryl methyl sites for hydroxylation is 1. The second-order valence-corrected chi connectivity index (χ2v) is 4.84. The van der Waals surface area contributed by atoms with Gasteiger partial charge in [-0.25, -0.2) is 4.79 Å². The van der Waals surface area contributed by atoms with E-state index < -0.39 is 5.97 Å². The molecule has 0 bridgehead atoms. The van der Waals surface area contributed by atoms with Gasteiger partial charge in [0.15, 0.2) is 5.78 Å². The number of hydrogen-bond donors (Lipinski definition) is 1. The molecule has 0 fully saturated rings. The molecule has 0 saturated heterocycles. The van der Waals surface area contributed by atoms with Gasteiger partial charge in [0.25, 0.3) is 0 Å². The number of fused-ring (bicyclic) bond motifs is 1. The van der Waals surface area contributed by atoms with Crippen LogP contribution in [0.15, 0.2) is 18.2 Å². The molecule has 0 spiro atoms. The van der Waals surface area contributed by atoms with Crippen molar-refractivity contribution in [1.82, 2.24) is 4.98 Å². The fourth-order valence-corrected chi connectivity index (χ4v) is 2.46. The van der Waals surface area contributed by atoms with Crippen LogP contribution in [-0.2, 0) is 15.9 Å². The summed E-state index contributed by atoms with van der Waals surface area (Å²) in [5.74, 6) is -0.452. The Morgan fingerprint density at radius 2 is 2.00 bits per heavy atom. The zero-order valence-corrected chi connectivity index (χ0v) is 12.5. The SMILES string of the molecule is CCCc1[nH]c2cc(C(=O)OC)ccc2c1C(=O)COC. The van der Waals surface area contributed by atoms with Gasteiger partial charge in [-0.15, -0.1) is 0 Å². The normalized spacial score (nSPS) is 10.8. The number of aromatic nitrogens is 1. The molecule has 0 aliphatic carbocycles. The first kappa shape index (κ1) is 15.3. The highest BCUT2D eigenvalue weighted by Gasteiger charge is 2.19. The van der Waals surface area contributed by atoms with Gasteiger partial charge < -0.3 is 14.5 Å². The van der Waals surface area contributed by atoms with Gasteiger partial charge >= 0.3 is 5.97 Å². The number of methoxy groups -OCH3 is 2. The molecule has 2 rings (SSSR count). The van der Waals surface area contributed by atoms with Crippen molar-refractivity contribution in [3.05, 3.63) is 35.0 Å². The van der Waals surface area contributed by atoms with Gasteiger partial charge in [0.2, 0.25) is 0 Å². The highest BCUT2D eigenvalue weighted by atomic mass is 16.5. The first-order valence-electron chi connectivity index (χ1n) is 6.87. The highest BCUT2D eigenvalue weighted by molar-refractivity contribution is 6.10. The Kier molecular flexibility index (Phi) is 4.75. The molecule has 1 aromatic heterocycles. The summed E-state index contributed by atoms with van der Waals surface area (Å²) < 4.78 is 9.67. The molecule has 5 heteroatoms. The fourth-order valence-electron chi connectivity index (χ4n) is 2.46. The Labute approximate surface area is 123 Å². The molecule has 5 nitrogen and oxygen atoms in total. The number of ether oxygens (including phenoxy) is 2. The van der Waals surface area contributed by atoms with E-state index in [0.29, 0.717) is 11.1 Å². The predicted octanol–water partition coefficient (Wildman–Crippen LogP) is 2.74. The fraction of sp³-hybridized carbons (Fsp3) is 0.375. The van der Waals surface area contributed by atoms with Crippen molar-refractivity contribution < 1.29 is 19.1 Å². The minimum Gasteiger partial charge on any atom is -0.465 e. The van der Waals surface area contributed by atoms with E-state index in [1.807, 2.05) is 0 Å². The number of rotatable bonds is 6. The number of carbonyl (C=O) groups is 2. The van der Waals surface area contributed by atoms with Gasteiger partial charge in [-0.1, -0.05) is 19.4 Å². The van der Waals surface area contributed by atoms with Crippen molar-refractivity contribution in [3.63, 3.8) is 0 Å². The summed E-state index contributed by atoms with van der Waals surface area (Å²) in [5, 5.41) is 0.813. The van der Waals surface area contributed by atoms with Crippen LogP contribution in [0.5, 0.6) is 0 Å². The number of ketones is 1. The first-order valence-corrected chi connectivity index (χ1v) is 6.87. The van der Waals surface area contributed by atoms with Crippen LogP contribution in [0.3, 0.4) is 0 Å². The summed E-state index contributed by atoms with van der Waals surface area (Å²) in [4.78, 5) is 27.1. The van der Waals surface area contributed by atoms with E-state index in [1.165, 1.54) is 14.2 Å². The highest BCUT2D eigenvalue weighted by Crippen LogP contribution is 2.25. The number of nitrogens with one attached hydrogen (secondary N) is 1. The van der Waals surface area contributed by atoms with Crippen molar-refractivity contribution >= 4 is 22.7 Å². The second-order valence-electron chi connectivity index (χ2n) is 4.84. The van der Waals surface area contributed by atoms with E-state index in [2.05, 4.69) is 11.9 Å². The van der Waals surface area contributed by atoms with Crippen molar-refractivity contribution in [3.8, 4) is 0 Å². The standard InChI is InChI=1S/C16H19NO4/c1-4-5-12-15(14(18)9-20-2)11-7-6-10(16(19)21-3)8-13(11)17-12/h6-8,17H,4-5,9H2,1-3H3. The predicted molar refractivity (Wildman–Crippen MR) is 79.8 cm³/mol. The van der Waals surface area contributed by atoms with Crippen LogP contribution in [0, 0.1) is 0 Å². The number of carbonyl (C=O) groups excluding carboxylic acids is 2. The monoisotopic (exact) mass is 289 g/mol. The van der Waals surface area contributed by atoms with Crippen molar-refractivity contribution in [2.45, 2.75) is 19.8 Å². The largest absolute Gasteiger partial charge is 0.465 e. The smallest absolute Gasteiger partial charge is 0.337 e. The van der Waals surface area contributed by atoms with E-state index >= 15 is 0 Å². The van der Waals surface area contributed by atoms with E-state index in [1.54, 1.807) is 18.2 Å². The molecule has 0 atom stereocenters. The molecular formula is C16H19NO4. The van der Waals surface area contributed by atoms with Crippen LogP contribution < -0.4 is 0 Å². The minimum atomic E-state index is -0.395. The average molecular weight is 289 g/mol. The molecular weight excluding hydrogens is 270 g/mol. The number of esters is 1. The molecule has 0 aliphatic rings. The topological polar surface area (TPSA) is 68.4 Å². The Morgan fingerprint density at radius 3 is 2.62 bits per heavy atom. The summed E-state index contributed by atoms with van der Waals surface area (Å²) in [5.41, 5.74) is 2.77. The van der Waals surface area contributed by atoms with Crippen LogP contribution in [0.2, 0.25) is 0 Å². The first-order chi connectivity index (χ1) is 10.1. The summed E-state index contributed by atoms with van der Waals surface area (Å²) in [6.45, 7) is 2.10. The molecule has 21 heavy (non-hydrogen) atoms. The minimum absolute atomic E-state index is 0.0441. The van der Waals surface area contributed by atoms with E-state index in [9.17, 15) is 9.59 Å². The molecule has 0 saturated carbocycles. The molecule has 0 aliphatic heterocycles. The van der Waals surface area contributed by atoms with E-state index in [0.717, 1.165) is 29.4 Å². The Morgan fingerprint density at radius 1 is 1.24 bits per heavy atom. The van der Waals surface area contributed by atoms with Gasteiger partial charge in [0.1, 0.15) is 6.61 Å². The molecule has 1 aromatic carbocycles. The molecule has 0 radical (unpaired) electrons. The maximum absolute atomic E-state index is 12.3. The molecule has 2 aromatic rings. The van der Waals surface area contributed by atoms with Crippen LogP contribution in [0.4, 0.5) is 0 Å². The van der Waals surface area contributed by atoms with Crippen molar-refractivity contribution in [2.24, 2.45) is 0 Å². The maximum atomic E-state index is 12.3. The lowest BCUT2D eigenvalue weighted by Crippen LogP contribution is -2.09. The third-order valence-corrected chi connectivity index (χ3v) is 3.35. The van der Waals surface area contributed by atoms with E-state index in [4.69, 9.17) is 9.47 Å². The molecule has 1 heterocycles. The lowest BCUT2D eigenvalue weighted by molar-refractivity contribution is 0.0600. The molecule has 0 amide bonds. The van der Waals surface area contributed by atoms with E-state index in [-0.39, 0.29) is 12.4 Å². The van der Waals surface area contributed by atoms with Gasteiger partial charge in [-0.2, -0.15) is 0 Å². The number of benzene rings is 1. The van der Waals surface area contributed by atoms with Gasteiger partial charge in [-0.3, -0.25) is 4.79 Å². The Hall–Kier alpha value is -2.14. The van der Waals surface area contributed by atoms with Gasteiger partial charge in [-0.05, 0) is 18.6 Å². The summed E-state index contributed by atoms with van der Waals surface area (Å²) in [6, 6.07) is 5.16. The summed E-state index contributed by atoms with van der Waals surface area (Å²) >= 11 is 0. The van der Waals surface area contributed by atoms with Crippen LogP contribution >= 0.6 is 0 Å². The number of H-pyrrole nitrogens is 1. The molecule has 0 unspecified atom stereocenters. The van der Waals surface area contributed by atoms with Crippen molar-refractivity contribution in [1.29, 1.82) is 0 Å². The van der Waals surface area contributed by atoms with Crippen LogP contribution in [-0.4, -0.2) is 37.6 Å². The zero-order chi connectivity index (χ0) is 15.4. The molecule has 1 N–H and O–H groups in total. The summed E-state index contributed by atoms with van der Waals surface area (Å²) in [7, 11) is 2.85. The molecule has 112 valence electrons. The quantitative estimate of drug-likeness (QED) is 0.656. The van der Waals surface area contributed by atoms with Gasteiger partial charge in [0.05, 0.1) is 12.7 Å². The lowest BCUT2D eigenvalue weighted by atomic mass is 10.0. The average Bonchev–Trinajstić information content (AvgIpc) is 2.84. The lowest BCUT2D eigenvalue weighted by Gasteiger charge is -2.02. The maximum Gasteiger partial charge on any atom is 0.337 e. The number of Topliss-reactive ketones (excluding diaryl/α,β-unsaturated/α-hetero) is 1. The van der Waals surface area contributed by atoms with Gasteiger partial charge in [0, 0.05) is 29.3 Å². The Balaban J connectivity index is 2.56. The van der Waals surface area contributed by atoms with Crippen molar-refractivity contribution in [2.75, 3.05) is 20.8 Å².